The number of benzene rings is 1. The van der Waals surface area contributed by atoms with Gasteiger partial charge in [-0.25, -0.2) is 0 Å². The van der Waals surface area contributed by atoms with E-state index in [9.17, 15) is 0 Å². The van der Waals surface area contributed by atoms with Crippen molar-refractivity contribution in [1.29, 1.82) is 0 Å². The van der Waals surface area contributed by atoms with Crippen LogP contribution in [0.15, 0.2) is 24.2 Å². The second-order valence-electron chi connectivity index (χ2n) is 2.03. The van der Waals surface area contributed by atoms with Crippen LogP contribution >= 0.6 is 0 Å². The average molecular weight is 228 g/mol. The third-order valence-electron chi connectivity index (χ3n) is 1.22. The fourth-order valence-corrected chi connectivity index (χ4v) is 1.17. The molecule has 10 heavy (non-hydrogen) atoms. The maximum absolute atomic E-state index is 7.61. The predicted octanol–water partition coefficient (Wildman–Crippen LogP) is 0.360. The molecule has 0 atom stereocenters. The van der Waals surface area contributed by atoms with Gasteiger partial charge in [-0.2, -0.15) is 0 Å². The molecule has 0 fully saturated rings. The molecule has 0 aliphatic heterocycles. The molecule has 0 aliphatic rings. The van der Waals surface area contributed by atoms with E-state index in [0.29, 0.717) is 12.6 Å². The molecule has 1 rings (SSSR count). The van der Waals surface area contributed by atoms with Crippen molar-refractivity contribution in [3.05, 3.63) is 29.8 Å². The van der Waals surface area contributed by atoms with Crippen LogP contribution in [-0.4, -0.2) is 6.54 Å². The molecule has 1 aromatic carbocycles. The summed E-state index contributed by atoms with van der Waals surface area (Å²) in [4.78, 5) is 0. The SMILES string of the molecule is [2H]c1[c]([Pd+])cccc1CCN. The first-order valence-electron chi connectivity index (χ1n) is 3.66. The molecule has 0 saturated heterocycles. The Labute approximate surface area is 73.4 Å². The summed E-state index contributed by atoms with van der Waals surface area (Å²) in [6, 6.07) is 6.32. The van der Waals surface area contributed by atoms with E-state index in [1.807, 2.05) is 18.2 Å². The molecule has 0 amide bonds. The van der Waals surface area contributed by atoms with Gasteiger partial charge in [0.25, 0.3) is 0 Å². The molecule has 0 radical (unpaired) electrons. The summed E-state index contributed by atoms with van der Waals surface area (Å²) in [6.07, 6.45) is 0.782. The Kier molecular flexibility index (Phi) is 2.54. The standard InChI is InChI=1S/C8H10N.Pd/c9-7-6-8-4-2-1-3-5-8;/h1-2,4-5H,6-7,9H2;/q;+1/i5D;. The van der Waals surface area contributed by atoms with Crippen molar-refractivity contribution in [3.63, 3.8) is 0 Å². The molecule has 2 heteroatoms. The molecule has 0 unspecified atom stereocenters. The minimum atomic E-state index is 0.570. The van der Waals surface area contributed by atoms with Crippen LogP contribution in [0, 0.1) is 0 Å². The van der Waals surface area contributed by atoms with Crippen molar-refractivity contribution < 1.29 is 20.6 Å². The van der Waals surface area contributed by atoms with Gasteiger partial charge in [0.1, 0.15) is 0 Å². The minimum absolute atomic E-state index is 0.570. The van der Waals surface area contributed by atoms with Gasteiger partial charge in [-0.3, -0.25) is 0 Å². The van der Waals surface area contributed by atoms with E-state index >= 15 is 0 Å². The summed E-state index contributed by atoms with van der Waals surface area (Å²) in [5.74, 6) is 0. The Morgan fingerprint density at radius 2 is 2.40 bits per heavy atom. The molecule has 0 saturated carbocycles. The van der Waals surface area contributed by atoms with E-state index in [2.05, 4.69) is 19.2 Å². The second kappa shape index (κ2) is 3.88. The van der Waals surface area contributed by atoms with Gasteiger partial charge in [-0.1, -0.05) is 0 Å². The van der Waals surface area contributed by atoms with Crippen molar-refractivity contribution in [1.82, 2.24) is 0 Å². The van der Waals surface area contributed by atoms with E-state index in [0.717, 1.165) is 16.0 Å². The van der Waals surface area contributed by atoms with Crippen molar-refractivity contribution in [2.45, 2.75) is 6.42 Å². The van der Waals surface area contributed by atoms with Crippen molar-refractivity contribution in [2.24, 2.45) is 5.73 Å². The molecule has 2 N–H and O–H groups in total. The van der Waals surface area contributed by atoms with Gasteiger partial charge in [0, 0.05) is 0 Å². The molecule has 0 spiro atoms. The number of nitrogens with two attached hydrogens (primary N) is 1. The van der Waals surface area contributed by atoms with Crippen molar-refractivity contribution >= 4 is 4.04 Å². The first kappa shape index (κ1) is 6.55. The number of hydrogen-bond donors (Lipinski definition) is 1. The normalized spacial score (nSPS) is 11.3. The topological polar surface area (TPSA) is 26.0 Å². The van der Waals surface area contributed by atoms with E-state index in [4.69, 9.17) is 7.10 Å². The van der Waals surface area contributed by atoms with Gasteiger partial charge in [-0.15, -0.1) is 0 Å². The Balaban J connectivity index is 2.96. The summed E-state index contributed by atoms with van der Waals surface area (Å²) < 4.78 is 8.48. The molecule has 0 bridgehead atoms. The second-order valence-corrected chi connectivity index (χ2v) is 2.87. The third-order valence-corrected chi connectivity index (χ3v) is 1.67. The molecule has 0 aliphatic carbocycles. The quantitative estimate of drug-likeness (QED) is 0.726. The van der Waals surface area contributed by atoms with Crippen LogP contribution in [-0.2, 0) is 25.6 Å². The fraction of sp³-hybridized carbons (Fsp3) is 0.250. The monoisotopic (exact) mass is 227 g/mol. The third kappa shape index (κ3) is 2.23. The van der Waals surface area contributed by atoms with Crippen molar-refractivity contribution in [2.75, 3.05) is 6.54 Å². The van der Waals surface area contributed by atoms with Gasteiger partial charge >= 0.3 is 73.1 Å². The fourth-order valence-electron chi connectivity index (χ4n) is 0.771. The first-order valence-corrected chi connectivity index (χ1v) is 3.94. The summed E-state index contributed by atoms with van der Waals surface area (Å²) in [7, 11) is 0. The van der Waals surface area contributed by atoms with Crippen LogP contribution in [0.3, 0.4) is 0 Å². The molecule has 0 aromatic heterocycles. The predicted molar refractivity (Wildman–Crippen MR) is 38.8 cm³/mol. The molecule has 56 valence electrons. The Morgan fingerprint density at radius 1 is 1.60 bits per heavy atom. The van der Waals surface area contributed by atoms with Gasteiger partial charge < -0.3 is 0 Å². The van der Waals surface area contributed by atoms with E-state index in [1.54, 1.807) is 0 Å². The molecular formula is C8H10NPd+. The summed E-state index contributed by atoms with van der Waals surface area (Å²) in [5, 5.41) is 0. The zero-order valence-electron chi connectivity index (χ0n) is 6.54. The molecule has 0 heterocycles. The van der Waals surface area contributed by atoms with Crippen molar-refractivity contribution in [3.8, 4) is 0 Å². The summed E-state index contributed by atoms with van der Waals surface area (Å²) in [5.41, 5.74) is 6.40. The first-order chi connectivity index (χ1) is 5.25. The summed E-state index contributed by atoms with van der Waals surface area (Å²) in [6.45, 7) is 0.604. The Morgan fingerprint density at radius 3 is 3.10 bits per heavy atom. The summed E-state index contributed by atoms with van der Waals surface area (Å²) >= 11 is 3.02. The van der Waals surface area contributed by atoms with Crippen LogP contribution in [0.2, 0.25) is 0 Å². The molecular weight excluding hydrogens is 217 g/mol. The number of hydrogen-bond acceptors (Lipinski definition) is 1. The van der Waals surface area contributed by atoms with Gasteiger partial charge in [0.15, 0.2) is 0 Å². The van der Waals surface area contributed by atoms with E-state index < -0.39 is 0 Å². The average Bonchev–Trinajstić information content (AvgIpc) is 1.99. The molecule has 1 aromatic rings. The Bertz CT molecular complexity index is 250. The number of rotatable bonds is 2. The van der Waals surface area contributed by atoms with Crippen LogP contribution in [0.25, 0.3) is 0 Å². The van der Waals surface area contributed by atoms with Crippen LogP contribution in [0.5, 0.6) is 0 Å². The van der Waals surface area contributed by atoms with E-state index in [-0.39, 0.29) is 0 Å². The van der Waals surface area contributed by atoms with Crippen LogP contribution < -0.4 is 9.77 Å². The zero-order chi connectivity index (χ0) is 8.27. The van der Waals surface area contributed by atoms with Crippen LogP contribution in [0.4, 0.5) is 0 Å². The molecule has 1 nitrogen and oxygen atoms in total. The van der Waals surface area contributed by atoms with Crippen LogP contribution in [0.1, 0.15) is 6.93 Å². The van der Waals surface area contributed by atoms with Gasteiger partial charge in [0.05, 0.1) is 0 Å². The Hall–Kier alpha value is -0.158. The van der Waals surface area contributed by atoms with Gasteiger partial charge in [0.2, 0.25) is 0 Å². The zero-order valence-corrected chi connectivity index (χ0v) is 7.09. The van der Waals surface area contributed by atoms with Gasteiger partial charge in [-0.05, 0) is 0 Å². The van der Waals surface area contributed by atoms with E-state index in [1.165, 1.54) is 0 Å². The maximum atomic E-state index is 7.61.